The summed E-state index contributed by atoms with van der Waals surface area (Å²) in [5, 5.41) is 24.4. The number of benzene rings is 1. The molecule has 0 amide bonds. The van der Waals surface area contributed by atoms with Crippen LogP contribution in [0.1, 0.15) is 10.4 Å². The molecule has 0 saturated carbocycles. The maximum absolute atomic E-state index is 10.7. The summed E-state index contributed by atoms with van der Waals surface area (Å²) in [5.41, 5.74) is -0.114. The molecule has 0 aliphatic rings. The smallest absolute Gasteiger partial charge is 0.341 e. The number of methoxy groups -OCH3 is 1. The number of hydrogen-bond donors (Lipinski definition) is 4. The van der Waals surface area contributed by atoms with E-state index in [0.29, 0.717) is 0 Å². The molecule has 6 nitrogen and oxygen atoms in total. The molecule has 0 heterocycles. The van der Waals surface area contributed by atoms with Gasteiger partial charge in [0.25, 0.3) is 0 Å². The van der Waals surface area contributed by atoms with E-state index in [9.17, 15) is 4.79 Å². The lowest BCUT2D eigenvalue weighted by atomic mass is 10.2. The van der Waals surface area contributed by atoms with Gasteiger partial charge in [0.05, 0.1) is 30.4 Å². The number of carboxylic acid groups (broad SMARTS) is 1. The van der Waals surface area contributed by atoms with Gasteiger partial charge in [-0.05, 0) is 12.1 Å². The van der Waals surface area contributed by atoms with Crippen LogP contribution in [0.4, 0.5) is 0 Å². The van der Waals surface area contributed by atoms with Crippen LogP contribution in [0.15, 0.2) is 12.1 Å². The van der Waals surface area contributed by atoms with E-state index in [0.717, 1.165) is 0 Å². The molecule has 6 N–H and O–H groups in total. The summed E-state index contributed by atoms with van der Waals surface area (Å²) in [5.74, 6) is -1.08. The average molecular weight is 300 g/mol. The topological polar surface area (TPSA) is 122 Å². The minimum Gasteiger partial charge on any atom is -0.494 e. The van der Waals surface area contributed by atoms with E-state index >= 15 is 0 Å². The number of carbonyl (C=O) groups is 1. The highest BCUT2D eigenvalue weighted by Gasteiger charge is 2.17. The van der Waals surface area contributed by atoms with Gasteiger partial charge in [0, 0.05) is 0 Å². The number of aliphatic hydroxyl groups is 2. The third-order valence-electron chi connectivity index (χ3n) is 1.58. The molecule has 0 atom stereocenters. The molecule has 0 unspecified atom stereocenters. The van der Waals surface area contributed by atoms with Crippen LogP contribution >= 0.6 is 23.2 Å². The fourth-order valence-corrected chi connectivity index (χ4v) is 1.40. The van der Waals surface area contributed by atoms with Crippen molar-refractivity contribution in [2.75, 3.05) is 20.3 Å². The van der Waals surface area contributed by atoms with Crippen molar-refractivity contribution in [3.05, 3.63) is 27.7 Å². The molecule has 1 rings (SSSR count). The predicted molar refractivity (Wildman–Crippen MR) is 69.2 cm³/mol. The average Bonchev–Trinajstić information content (AvgIpc) is 2.31. The second-order valence-corrected chi connectivity index (χ2v) is 3.50. The highest BCUT2D eigenvalue weighted by molar-refractivity contribution is 6.36. The Balaban J connectivity index is 0. The first-order valence-electron chi connectivity index (χ1n) is 4.46. The molecule has 104 valence electrons. The lowest BCUT2D eigenvalue weighted by Gasteiger charge is -2.07. The second kappa shape index (κ2) is 9.93. The maximum Gasteiger partial charge on any atom is 0.341 e. The standard InChI is InChI=1S/C8H6Cl2O3.C2H6O2.H3N/c1-13-7-5(10)3-2-4(9)6(7)8(11)12;3-1-2-4;/h2-3H,1H3,(H,11,12);3-4H,1-2H2;1H3. The number of rotatable bonds is 3. The Bertz CT molecular complexity index is 385. The first kappa shape index (κ1) is 19.3. The molecule has 0 saturated heterocycles. The monoisotopic (exact) mass is 299 g/mol. The van der Waals surface area contributed by atoms with Crippen molar-refractivity contribution < 1.29 is 24.9 Å². The van der Waals surface area contributed by atoms with Gasteiger partial charge in [-0.2, -0.15) is 0 Å². The Morgan fingerprint density at radius 1 is 1.22 bits per heavy atom. The molecule has 0 radical (unpaired) electrons. The molecule has 18 heavy (non-hydrogen) atoms. The highest BCUT2D eigenvalue weighted by atomic mass is 35.5. The van der Waals surface area contributed by atoms with Crippen LogP contribution in [0.3, 0.4) is 0 Å². The molecule has 8 heteroatoms. The van der Waals surface area contributed by atoms with Gasteiger partial charge in [0.1, 0.15) is 5.56 Å². The number of aliphatic hydroxyl groups excluding tert-OH is 2. The molecule has 1 aromatic carbocycles. The first-order valence-corrected chi connectivity index (χ1v) is 5.22. The number of carboxylic acids is 1. The quantitative estimate of drug-likeness (QED) is 0.675. The SMILES string of the molecule is COc1c(Cl)ccc(Cl)c1C(=O)O.N.OCCO. The van der Waals surface area contributed by atoms with Crippen LogP contribution in [0.5, 0.6) is 5.75 Å². The predicted octanol–water partition coefficient (Wildman–Crippen LogP) is 1.83. The van der Waals surface area contributed by atoms with E-state index in [1.165, 1.54) is 19.2 Å². The van der Waals surface area contributed by atoms with Crippen LogP contribution in [-0.4, -0.2) is 41.6 Å². The Kier molecular flexibility index (Phi) is 10.6. The van der Waals surface area contributed by atoms with E-state index in [4.69, 9.17) is 43.3 Å². The number of hydrogen-bond acceptors (Lipinski definition) is 5. The van der Waals surface area contributed by atoms with Crippen molar-refractivity contribution in [3.8, 4) is 5.75 Å². The first-order chi connectivity index (χ1) is 7.99. The van der Waals surface area contributed by atoms with Gasteiger partial charge in [0.15, 0.2) is 5.75 Å². The van der Waals surface area contributed by atoms with Crippen molar-refractivity contribution in [2.45, 2.75) is 0 Å². The maximum atomic E-state index is 10.7. The van der Waals surface area contributed by atoms with E-state index in [2.05, 4.69) is 0 Å². The van der Waals surface area contributed by atoms with Crippen LogP contribution in [0.2, 0.25) is 10.0 Å². The fourth-order valence-electron chi connectivity index (χ4n) is 0.932. The molecule has 0 aliphatic heterocycles. The number of aromatic carboxylic acids is 1. The summed E-state index contributed by atoms with van der Waals surface area (Å²) in [4.78, 5) is 10.7. The Labute approximate surface area is 114 Å². The van der Waals surface area contributed by atoms with Crippen molar-refractivity contribution in [2.24, 2.45) is 0 Å². The Hall–Kier alpha value is -1.05. The normalized spacial score (nSPS) is 8.72. The Morgan fingerprint density at radius 2 is 1.67 bits per heavy atom. The van der Waals surface area contributed by atoms with Crippen LogP contribution in [0, 0.1) is 0 Å². The minimum absolute atomic E-state index is 0. The minimum atomic E-state index is -1.16. The van der Waals surface area contributed by atoms with Gasteiger partial charge >= 0.3 is 5.97 Å². The van der Waals surface area contributed by atoms with Crippen LogP contribution in [0.25, 0.3) is 0 Å². The zero-order chi connectivity index (χ0) is 13.4. The summed E-state index contributed by atoms with van der Waals surface area (Å²) in [6.07, 6.45) is 0. The molecule has 0 spiro atoms. The van der Waals surface area contributed by atoms with Gasteiger partial charge in [-0.3, -0.25) is 0 Å². The number of halogens is 2. The fraction of sp³-hybridized carbons (Fsp3) is 0.300. The molecular weight excluding hydrogens is 285 g/mol. The van der Waals surface area contributed by atoms with Gasteiger partial charge in [-0.25, -0.2) is 4.79 Å². The highest BCUT2D eigenvalue weighted by Crippen LogP contribution is 2.33. The summed E-state index contributed by atoms with van der Waals surface area (Å²) in [6.45, 7) is -0.250. The molecule has 0 aliphatic carbocycles. The summed E-state index contributed by atoms with van der Waals surface area (Å²) < 4.78 is 4.82. The number of ether oxygens (including phenoxy) is 1. The summed E-state index contributed by atoms with van der Waals surface area (Å²) >= 11 is 11.4. The van der Waals surface area contributed by atoms with Crippen LogP contribution < -0.4 is 10.9 Å². The Morgan fingerprint density at radius 3 is 1.94 bits per heavy atom. The molecular formula is C10H15Cl2NO5. The summed E-state index contributed by atoms with van der Waals surface area (Å²) in [6, 6.07) is 2.89. The molecule has 0 aromatic heterocycles. The second-order valence-electron chi connectivity index (χ2n) is 2.69. The third kappa shape index (κ3) is 5.52. The zero-order valence-electron chi connectivity index (χ0n) is 9.69. The summed E-state index contributed by atoms with van der Waals surface area (Å²) in [7, 11) is 1.34. The molecule has 0 bridgehead atoms. The van der Waals surface area contributed by atoms with E-state index in [1.54, 1.807) is 0 Å². The van der Waals surface area contributed by atoms with Crippen molar-refractivity contribution in [3.63, 3.8) is 0 Å². The third-order valence-corrected chi connectivity index (χ3v) is 2.19. The van der Waals surface area contributed by atoms with Gasteiger partial charge in [-0.15, -0.1) is 0 Å². The van der Waals surface area contributed by atoms with Gasteiger partial charge < -0.3 is 26.2 Å². The lowest BCUT2D eigenvalue weighted by Crippen LogP contribution is -2.01. The van der Waals surface area contributed by atoms with E-state index in [1.807, 2.05) is 0 Å². The van der Waals surface area contributed by atoms with E-state index in [-0.39, 0.29) is 40.7 Å². The van der Waals surface area contributed by atoms with E-state index < -0.39 is 5.97 Å². The van der Waals surface area contributed by atoms with Gasteiger partial charge in [0.2, 0.25) is 0 Å². The van der Waals surface area contributed by atoms with Gasteiger partial charge in [-0.1, -0.05) is 23.2 Å². The molecule has 0 fully saturated rings. The zero-order valence-corrected chi connectivity index (χ0v) is 11.2. The van der Waals surface area contributed by atoms with Crippen LogP contribution in [-0.2, 0) is 0 Å². The van der Waals surface area contributed by atoms with Crippen molar-refractivity contribution in [1.29, 1.82) is 0 Å². The van der Waals surface area contributed by atoms with Crippen molar-refractivity contribution >= 4 is 29.2 Å². The lowest BCUT2D eigenvalue weighted by molar-refractivity contribution is 0.0693. The largest absolute Gasteiger partial charge is 0.494 e. The van der Waals surface area contributed by atoms with Crippen molar-refractivity contribution in [1.82, 2.24) is 6.15 Å². The molecule has 1 aromatic rings.